The van der Waals surface area contributed by atoms with Crippen LogP contribution in [0.25, 0.3) is 0 Å². The number of nitrogens with one attached hydrogen (secondary N) is 1. The van der Waals surface area contributed by atoms with E-state index < -0.39 is 5.54 Å². The molecule has 2 atom stereocenters. The number of likely N-dealkylation sites (N-methyl/N-ethyl adjacent to an activating group) is 1. The lowest BCUT2D eigenvalue weighted by Gasteiger charge is -2.38. The van der Waals surface area contributed by atoms with Gasteiger partial charge in [0.1, 0.15) is 5.54 Å². The summed E-state index contributed by atoms with van der Waals surface area (Å²) >= 11 is 0. The summed E-state index contributed by atoms with van der Waals surface area (Å²) in [4.78, 5) is 12.0. The first-order chi connectivity index (χ1) is 10.2. The van der Waals surface area contributed by atoms with Gasteiger partial charge in [0, 0.05) is 13.0 Å². The van der Waals surface area contributed by atoms with E-state index in [2.05, 4.69) is 12.2 Å². The van der Waals surface area contributed by atoms with Crippen LogP contribution in [0.4, 0.5) is 0 Å². The quantitative estimate of drug-likeness (QED) is 0.496. The van der Waals surface area contributed by atoms with E-state index in [0.717, 1.165) is 38.7 Å². The van der Waals surface area contributed by atoms with Gasteiger partial charge in [-0.1, -0.05) is 39.0 Å². The fourth-order valence-corrected chi connectivity index (χ4v) is 3.21. The smallest absolute Gasteiger partial charge is 0.326 e. The number of unbranched alkanes of at least 4 members (excludes halogenated alkanes) is 5. The molecule has 0 radical (unpaired) electrons. The Kier molecular flexibility index (Phi) is 8.93. The summed E-state index contributed by atoms with van der Waals surface area (Å²) in [7, 11) is 3.30. The van der Waals surface area contributed by atoms with Crippen LogP contribution in [0, 0.1) is 0 Å². The molecule has 124 valence electrons. The molecule has 0 aromatic heterocycles. The van der Waals surface area contributed by atoms with Crippen molar-refractivity contribution in [1.29, 1.82) is 0 Å². The zero-order valence-electron chi connectivity index (χ0n) is 14.1. The molecule has 0 saturated heterocycles. The van der Waals surface area contributed by atoms with Gasteiger partial charge in [-0.2, -0.15) is 0 Å². The van der Waals surface area contributed by atoms with Gasteiger partial charge in [0.05, 0.1) is 13.2 Å². The largest absolute Gasteiger partial charge is 0.468 e. The van der Waals surface area contributed by atoms with Crippen molar-refractivity contribution in [3.05, 3.63) is 0 Å². The summed E-state index contributed by atoms with van der Waals surface area (Å²) in [6.45, 7) is 3.05. The third-order valence-electron chi connectivity index (χ3n) is 4.61. The minimum absolute atomic E-state index is 0.155. The van der Waals surface area contributed by atoms with Gasteiger partial charge in [-0.15, -0.1) is 0 Å². The number of rotatable bonds is 10. The van der Waals surface area contributed by atoms with Gasteiger partial charge in [-0.25, -0.2) is 0 Å². The molecule has 0 bridgehead atoms. The first-order valence-corrected chi connectivity index (χ1v) is 8.57. The van der Waals surface area contributed by atoms with Crippen molar-refractivity contribution >= 4 is 5.97 Å². The lowest BCUT2D eigenvalue weighted by molar-refractivity contribution is -0.152. The van der Waals surface area contributed by atoms with Gasteiger partial charge < -0.3 is 14.8 Å². The molecule has 21 heavy (non-hydrogen) atoms. The molecule has 2 unspecified atom stereocenters. The Morgan fingerprint density at radius 2 is 1.95 bits per heavy atom. The fourth-order valence-electron chi connectivity index (χ4n) is 3.21. The molecule has 0 aliphatic heterocycles. The van der Waals surface area contributed by atoms with Crippen molar-refractivity contribution in [2.24, 2.45) is 0 Å². The molecule has 1 fully saturated rings. The summed E-state index contributed by atoms with van der Waals surface area (Å²) in [5, 5.41) is 3.17. The van der Waals surface area contributed by atoms with Crippen LogP contribution in [0.2, 0.25) is 0 Å². The molecular weight excluding hydrogens is 266 g/mol. The Hall–Kier alpha value is -0.610. The maximum absolute atomic E-state index is 12.0. The van der Waals surface area contributed by atoms with Crippen molar-refractivity contribution in [2.75, 3.05) is 20.8 Å². The molecule has 1 rings (SSSR count). The lowest BCUT2D eigenvalue weighted by Crippen LogP contribution is -2.55. The first kappa shape index (κ1) is 18.4. The van der Waals surface area contributed by atoms with Crippen LogP contribution < -0.4 is 5.32 Å². The van der Waals surface area contributed by atoms with E-state index in [4.69, 9.17) is 9.47 Å². The predicted octanol–water partition coefficient (Wildman–Crippen LogP) is 3.44. The third-order valence-corrected chi connectivity index (χ3v) is 4.61. The number of carbonyl (C=O) groups is 1. The summed E-state index contributed by atoms with van der Waals surface area (Å²) in [6, 6.07) is 0. The fraction of sp³-hybridized carbons (Fsp3) is 0.941. The Morgan fingerprint density at radius 3 is 2.62 bits per heavy atom. The molecule has 0 spiro atoms. The van der Waals surface area contributed by atoms with Gasteiger partial charge in [0.2, 0.25) is 0 Å². The van der Waals surface area contributed by atoms with Crippen molar-refractivity contribution in [3.63, 3.8) is 0 Å². The van der Waals surface area contributed by atoms with E-state index in [1.165, 1.54) is 39.2 Å². The highest BCUT2D eigenvalue weighted by Crippen LogP contribution is 2.31. The van der Waals surface area contributed by atoms with E-state index in [1.807, 2.05) is 7.05 Å². The minimum Gasteiger partial charge on any atom is -0.468 e. The number of esters is 1. The average Bonchev–Trinajstić information content (AvgIpc) is 2.53. The molecule has 0 aromatic rings. The van der Waals surface area contributed by atoms with E-state index in [1.54, 1.807) is 0 Å². The highest BCUT2D eigenvalue weighted by atomic mass is 16.5. The minimum atomic E-state index is -0.543. The SMILES string of the molecule is CCCCCCCCOC1CCCC(NC)(C(=O)OC)C1. The zero-order valence-corrected chi connectivity index (χ0v) is 14.1. The lowest BCUT2D eigenvalue weighted by atomic mass is 9.80. The van der Waals surface area contributed by atoms with E-state index in [9.17, 15) is 4.79 Å². The van der Waals surface area contributed by atoms with Crippen LogP contribution in [0.15, 0.2) is 0 Å². The predicted molar refractivity (Wildman–Crippen MR) is 85.4 cm³/mol. The van der Waals surface area contributed by atoms with Crippen molar-refractivity contribution in [2.45, 2.75) is 82.8 Å². The Morgan fingerprint density at radius 1 is 1.24 bits per heavy atom. The number of carbonyl (C=O) groups excluding carboxylic acids is 1. The summed E-state index contributed by atoms with van der Waals surface area (Å²) in [5.74, 6) is -0.155. The second kappa shape index (κ2) is 10.2. The van der Waals surface area contributed by atoms with Crippen LogP contribution in [0.3, 0.4) is 0 Å². The van der Waals surface area contributed by atoms with Crippen LogP contribution in [-0.4, -0.2) is 38.4 Å². The molecule has 4 nitrogen and oxygen atoms in total. The maximum atomic E-state index is 12.0. The topological polar surface area (TPSA) is 47.6 Å². The summed E-state index contributed by atoms with van der Waals surface area (Å²) < 4.78 is 10.9. The van der Waals surface area contributed by atoms with Crippen molar-refractivity contribution in [3.8, 4) is 0 Å². The Labute approximate surface area is 130 Å². The molecule has 1 N–H and O–H groups in total. The molecule has 1 aliphatic rings. The van der Waals surface area contributed by atoms with Gasteiger partial charge in [0.25, 0.3) is 0 Å². The molecule has 0 amide bonds. The van der Waals surface area contributed by atoms with E-state index in [-0.39, 0.29) is 12.1 Å². The standard InChI is InChI=1S/C17H33NO3/c1-4-5-6-7-8-9-13-21-15-11-10-12-17(14-15,18-2)16(19)20-3/h15,18H,4-14H2,1-3H3. The number of hydrogen-bond donors (Lipinski definition) is 1. The van der Waals surface area contributed by atoms with Crippen LogP contribution in [0.5, 0.6) is 0 Å². The highest BCUT2D eigenvalue weighted by molar-refractivity contribution is 5.80. The van der Waals surface area contributed by atoms with Crippen LogP contribution in [-0.2, 0) is 14.3 Å². The first-order valence-electron chi connectivity index (χ1n) is 8.57. The molecule has 1 aliphatic carbocycles. The Balaban J connectivity index is 2.25. The zero-order chi connectivity index (χ0) is 15.6. The highest BCUT2D eigenvalue weighted by Gasteiger charge is 2.42. The second-order valence-electron chi connectivity index (χ2n) is 6.18. The monoisotopic (exact) mass is 299 g/mol. The second-order valence-corrected chi connectivity index (χ2v) is 6.18. The van der Waals surface area contributed by atoms with Gasteiger partial charge in [-0.3, -0.25) is 4.79 Å². The van der Waals surface area contributed by atoms with Gasteiger partial charge in [-0.05, 0) is 32.7 Å². The van der Waals surface area contributed by atoms with E-state index >= 15 is 0 Å². The summed E-state index contributed by atoms with van der Waals surface area (Å²) in [6.07, 6.45) is 11.5. The molecule has 0 heterocycles. The number of hydrogen-bond acceptors (Lipinski definition) is 4. The van der Waals surface area contributed by atoms with E-state index in [0.29, 0.717) is 0 Å². The maximum Gasteiger partial charge on any atom is 0.326 e. The van der Waals surface area contributed by atoms with Crippen LogP contribution >= 0.6 is 0 Å². The number of ether oxygens (including phenoxy) is 2. The van der Waals surface area contributed by atoms with Gasteiger partial charge >= 0.3 is 5.97 Å². The van der Waals surface area contributed by atoms with Crippen LogP contribution in [0.1, 0.15) is 71.1 Å². The normalized spacial score (nSPS) is 25.8. The number of methoxy groups -OCH3 is 1. The molecule has 0 aromatic carbocycles. The van der Waals surface area contributed by atoms with Crippen molar-refractivity contribution in [1.82, 2.24) is 5.32 Å². The Bertz CT molecular complexity index is 296. The molecular formula is C17H33NO3. The van der Waals surface area contributed by atoms with Gasteiger partial charge in [0.15, 0.2) is 0 Å². The average molecular weight is 299 g/mol. The van der Waals surface area contributed by atoms with Crippen molar-refractivity contribution < 1.29 is 14.3 Å². The molecule has 4 heteroatoms. The third kappa shape index (κ3) is 5.95. The molecule has 1 saturated carbocycles. The summed E-state index contributed by atoms with van der Waals surface area (Å²) in [5.41, 5.74) is -0.543.